The summed E-state index contributed by atoms with van der Waals surface area (Å²) in [7, 11) is 1.67. The van der Waals surface area contributed by atoms with E-state index in [1.807, 2.05) is 18.2 Å². The SMILES string of the molecule is COCc1ccc(Br)cc1CC(C)O. The van der Waals surface area contributed by atoms with Gasteiger partial charge in [-0.2, -0.15) is 0 Å². The number of ether oxygens (including phenoxy) is 1. The third-order valence-electron chi connectivity index (χ3n) is 1.98. The van der Waals surface area contributed by atoms with Gasteiger partial charge in [-0.1, -0.05) is 22.0 Å². The van der Waals surface area contributed by atoms with E-state index in [9.17, 15) is 5.11 Å². The van der Waals surface area contributed by atoms with Crippen molar-refractivity contribution in [1.82, 2.24) is 0 Å². The Bertz CT molecular complexity index is 297. The highest BCUT2D eigenvalue weighted by Crippen LogP contribution is 2.18. The lowest BCUT2D eigenvalue weighted by Crippen LogP contribution is -2.07. The topological polar surface area (TPSA) is 29.5 Å². The molecular weight excluding hydrogens is 244 g/mol. The van der Waals surface area contributed by atoms with Crippen LogP contribution in [0.25, 0.3) is 0 Å². The lowest BCUT2D eigenvalue weighted by Gasteiger charge is -2.11. The van der Waals surface area contributed by atoms with Gasteiger partial charge in [-0.05, 0) is 36.6 Å². The van der Waals surface area contributed by atoms with Crippen LogP contribution in [0.1, 0.15) is 18.1 Å². The fraction of sp³-hybridized carbons (Fsp3) is 0.455. The van der Waals surface area contributed by atoms with Crippen LogP contribution in [0.15, 0.2) is 22.7 Å². The molecule has 0 amide bonds. The lowest BCUT2D eigenvalue weighted by atomic mass is 10.0. The summed E-state index contributed by atoms with van der Waals surface area (Å²) in [5.74, 6) is 0. The van der Waals surface area contributed by atoms with Gasteiger partial charge in [0.25, 0.3) is 0 Å². The minimum absolute atomic E-state index is 0.320. The molecule has 0 fully saturated rings. The molecule has 0 aromatic heterocycles. The molecular formula is C11H15BrO2. The zero-order valence-electron chi connectivity index (χ0n) is 8.46. The van der Waals surface area contributed by atoms with Crippen molar-refractivity contribution in [2.45, 2.75) is 26.1 Å². The monoisotopic (exact) mass is 258 g/mol. The molecule has 0 spiro atoms. The van der Waals surface area contributed by atoms with Crippen molar-refractivity contribution in [3.05, 3.63) is 33.8 Å². The minimum Gasteiger partial charge on any atom is -0.393 e. The number of benzene rings is 1. The molecule has 14 heavy (non-hydrogen) atoms. The van der Waals surface area contributed by atoms with Gasteiger partial charge < -0.3 is 9.84 Å². The molecule has 1 aromatic rings. The Balaban J connectivity index is 2.90. The van der Waals surface area contributed by atoms with Crippen LogP contribution in [0, 0.1) is 0 Å². The van der Waals surface area contributed by atoms with Gasteiger partial charge >= 0.3 is 0 Å². The molecule has 0 radical (unpaired) electrons. The van der Waals surface area contributed by atoms with Gasteiger partial charge in [0.05, 0.1) is 12.7 Å². The van der Waals surface area contributed by atoms with Crippen LogP contribution in [0.3, 0.4) is 0 Å². The van der Waals surface area contributed by atoms with Gasteiger partial charge in [-0.15, -0.1) is 0 Å². The molecule has 0 aliphatic heterocycles. The summed E-state index contributed by atoms with van der Waals surface area (Å²) < 4.78 is 6.13. The summed E-state index contributed by atoms with van der Waals surface area (Å²) in [6, 6.07) is 6.03. The third-order valence-corrected chi connectivity index (χ3v) is 2.48. The van der Waals surface area contributed by atoms with Gasteiger partial charge in [0.1, 0.15) is 0 Å². The molecule has 0 aliphatic carbocycles. The second kappa shape index (κ2) is 5.49. The van der Waals surface area contributed by atoms with E-state index >= 15 is 0 Å². The van der Waals surface area contributed by atoms with Crippen LogP contribution < -0.4 is 0 Å². The molecule has 78 valence electrons. The van der Waals surface area contributed by atoms with Crippen molar-refractivity contribution in [2.75, 3.05) is 7.11 Å². The quantitative estimate of drug-likeness (QED) is 0.900. The van der Waals surface area contributed by atoms with Crippen molar-refractivity contribution in [2.24, 2.45) is 0 Å². The predicted octanol–water partition coefficient (Wildman–Crippen LogP) is 2.52. The van der Waals surface area contributed by atoms with Gasteiger partial charge in [-0.3, -0.25) is 0 Å². The maximum Gasteiger partial charge on any atom is 0.0715 e. The largest absolute Gasteiger partial charge is 0.393 e. The van der Waals surface area contributed by atoms with E-state index in [0.717, 1.165) is 15.6 Å². The molecule has 0 saturated carbocycles. The molecule has 1 rings (SSSR count). The lowest BCUT2D eigenvalue weighted by molar-refractivity contribution is 0.178. The Morgan fingerprint density at radius 3 is 2.71 bits per heavy atom. The Morgan fingerprint density at radius 2 is 2.14 bits per heavy atom. The number of rotatable bonds is 4. The smallest absolute Gasteiger partial charge is 0.0715 e. The van der Waals surface area contributed by atoms with Crippen molar-refractivity contribution < 1.29 is 9.84 Å². The van der Waals surface area contributed by atoms with Crippen molar-refractivity contribution in [3.63, 3.8) is 0 Å². The van der Waals surface area contributed by atoms with Crippen molar-refractivity contribution in [3.8, 4) is 0 Å². The van der Waals surface area contributed by atoms with Crippen LogP contribution in [0.4, 0.5) is 0 Å². The van der Waals surface area contributed by atoms with Crippen LogP contribution in [0.2, 0.25) is 0 Å². The molecule has 3 heteroatoms. The van der Waals surface area contributed by atoms with Gasteiger partial charge in [-0.25, -0.2) is 0 Å². The second-order valence-corrected chi connectivity index (χ2v) is 4.31. The van der Waals surface area contributed by atoms with Crippen LogP contribution in [0.5, 0.6) is 0 Å². The van der Waals surface area contributed by atoms with Gasteiger partial charge in [0, 0.05) is 11.6 Å². The molecule has 1 atom stereocenters. The normalized spacial score (nSPS) is 12.9. The number of halogens is 1. The summed E-state index contributed by atoms with van der Waals surface area (Å²) >= 11 is 3.41. The Kier molecular flexibility index (Phi) is 4.58. The van der Waals surface area contributed by atoms with Crippen molar-refractivity contribution in [1.29, 1.82) is 0 Å². The van der Waals surface area contributed by atoms with E-state index in [1.54, 1.807) is 14.0 Å². The first-order valence-corrected chi connectivity index (χ1v) is 5.37. The highest BCUT2D eigenvalue weighted by Gasteiger charge is 2.06. The number of aliphatic hydroxyl groups is 1. The molecule has 2 nitrogen and oxygen atoms in total. The van der Waals surface area contributed by atoms with Gasteiger partial charge in [0.15, 0.2) is 0 Å². The van der Waals surface area contributed by atoms with Crippen LogP contribution in [-0.2, 0) is 17.8 Å². The zero-order valence-corrected chi connectivity index (χ0v) is 10.0. The fourth-order valence-corrected chi connectivity index (χ4v) is 1.81. The zero-order chi connectivity index (χ0) is 10.6. The number of methoxy groups -OCH3 is 1. The maximum absolute atomic E-state index is 9.33. The molecule has 0 bridgehead atoms. The Morgan fingerprint density at radius 1 is 1.43 bits per heavy atom. The average Bonchev–Trinajstić information content (AvgIpc) is 2.09. The minimum atomic E-state index is -0.320. The standard InChI is InChI=1S/C11H15BrO2/c1-8(13)5-10-6-11(12)4-3-9(10)7-14-2/h3-4,6,8,13H,5,7H2,1-2H3. The Labute approximate surface area is 93.0 Å². The van der Waals surface area contributed by atoms with E-state index in [4.69, 9.17) is 4.74 Å². The van der Waals surface area contributed by atoms with E-state index < -0.39 is 0 Å². The fourth-order valence-electron chi connectivity index (χ4n) is 1.40. The summed E-state index contributed by atoms with van der Waals surface area (Å²) in [6.45, 7) is 2.38. The molecule has 1 aromatic carbocycles. The maximum atomic E-state index is 9.33. The first-order chi connectivity index (χ1) is 6.63. The third kappa shape index (κ3) is 3.40. The van der Waals surface area contributed by atoms with E-state index in [1.165, 1.54) is 0 Å². The number of aliphatic hydroxyl groups excluding tert-OH is 1. The summed E-state index contributed by atoms with van der Waals surface area (Å²) in [5, 5.41) is 9.33. The second-order valence-electron chi connectivity index (χ2n) is 3.40. The van der Waals surface area contributed by atoms with Crippen molar-refractivity contribution >= 4 is 15.9 Å². The molecule has 0 heterocycles. The average molecular weight is 259 g/mol. The van der Waals surface area contributed by atoms with Crippen LogP contribution >= 0.6 is 15.9 Å². The highest BCUT2D eigenvalue weighted by molar-refractivity contribution is 9.10. The summed E-state index contributed by atoms with van der Waals surface area (Å²) in [5.41, 5.74) is 2.27. The van der Waals surface area contributed by atoms with E-state index in [-0.39, 0.29) is 6.10 Å². The van der Waals surface area contributed by atoms with E-state index in [2.05, 4.69) is 15.9 Å². The first-order valence-electron chi connectivity index (χ1n) is 4.57. The van der Waals surface area contributed by atoms with Gasteiger partial charge in [0.2, 0.25) is 0 Å². The first kappa shape index (κ1) is 11.7. The molecule has 1 unspecified atom stereocenters. The number of hydrogen-bond acceptors (Lipinski definition) is 2. The molecule has 1 N–H and O–H groups in total. The number of hydrogen-bond donors (Lipinski definition) is 1. The highest BCUT2D eigenvalue weighted by atomic mass is 79.9. The van der Waals surface area contributed by atoms with E-state index in [0.29, 0.717) is 13.0 Å². The van der Waals surface area contributed by atoms with Crippen LogP contribution in [-0.4, -0.2) is 18.3 Å². The Hall–Kier alpha value is -0.380. The molecule has 0 saturated heterocycles. The predicted molar refractivity (Wildman–Crippen MR) is 60.2 cm³/mol. The summed E-state index contributed by atoms with van der Waals surface area (Å²) in [4.78, 5) is 0. The molecule has 0 aliphatic rings. The summed E-state index contributed by atoms with van der Waals surface area (Å²) in [6.07, 6.45) is 0.345.